The summed E-state index contributed by atoms with van der Waals surface area (Å²) in [7, 11) is 0. The lowest BCUT2D eigenvalue weighted by Gasteiger charge is -2.60. The van der Waals surface area contributed by atoms with Gasteiger partial charge in [-0.1, -0.05) is 51.0 Å². The molecule has 0 radical (unpaired) electrons. The molecule has 1 aromatic rings. The van der Waals surface area contributed by atoms with Gasteiger partial charge in [0.1, 0.15) is 11.9 Å². The van der Waals surface area contributed by atoms with Crippen molar-refractivity contribution in [2.45, 2.75) is 128 Å². The molecule has 0 N–H and O–H groups in total. The molecule has 1 aromatic carbocycles. The predicted octanol–water partition coefficient (Wildman–Crippen LogP) is 5.60. The Morgan fingerprint density at radius 3 is 2.61 bits per heavy atom. The van der Waals surface area contributed by atoms with Gasteiger partial charge in [-0.3, -0.25) is 19.3 Å². The van der Waals surface area contributed by atoms with Crippen LogP contribution in [0.4, 0.5) is 0 Å². The summed E-state index contributed by atoms with van der Waals surface area (Å²) in [4.78, 5) is 42.5. The van der Waals surface area contributed by atoms with Crippen LogP contribution < -0.4 is 9.47 Å². The smallest absolute Gasteiger partial charge is 0.308 e. The summed E-state index contributed by atoms with van der Waals surface area (Å²) in [5.74, 6) is 2.52. The number of benzene rings is 1. The van der Waals surface area contributed by atoms with E-state index in [0.29, 0.717) is 36.9 Å². The van der Waals surface area contributed by atoms with Crippen LogP contribution in [0.1, 0.15) is 109 Å². The van der Waals surface area contributed by atoms with E-state index in [1.165, 1.54) is 56.6 Å². The summed E-state index contributed by atoms with van der Waals surface area (Å²) in [6.45, 7) is 7.21. The molecule has 6 rings (SSSR count). The van der Waals surface area contributed by atoms with Crippen molar-refractivity contribution in [1.82, 2.24) is 9.80 Å². The number of ether oxygens (including phenoxy) is 2. The highest BCUT2D eigenvalue weighted by atomic mass is 16.6. The Bertz CT molecular complexity index is 1180. The van der Waals surface area contributed by atoms with Gasteiger partial charge in [-0.05, 0) is 76.0 Å². The van der Waals surface area contributed by atoms with E-state index in [1.807, 2.05) is 6.07 Å². The average Bonchev–Trinajstić information content (AvgIpc) is 3.30. The van der Waals surface area contributed by atoms with Gasteiger partial charge in [-0.2, -0.15) is 0 Å². The Kier molecular flexibility index (Phi) is 8.19. The van der Waals surface area contributed by atoms with Gasteiger partial charge in [0.15, 0.2) is 11.5 Å². The van der Waals surface area contributed by atoms with Crippen molar-refractivity contribution in [3.63, 3.8) is 0 Å². The first-order valence-electron chi connectivity index (χ1n) is 16.4. The van der Waals surface area contributed by atoms with Crippen molar-refractivity contribution in [2.75, 3.05) is 19.6 Å². The third-order valence-corrected chi connectivity index (χ3v) is 11.1. The number of rotatable bonds is 10. The number of nitrogens with zero attached hydrogens (tertiary/aromatic N) is 2. The molecule has 3 fully saturated rings. The van der Waals surface area contributed by atoms with E-state index >= 15 is 0 Å². The van der Waals surface area contributed by atoms with Crippen molar-refractivity contribution in [1.29, 1.82) is 0 Å². The fourth-order valence-electron chi connectivity index (χ4n) is 9.55. The van der Waals surface area contributed by atoms with Gasteiger partial charge in [0.2, 0.25) is 5.91 Å². The van der Waals surface area contributed by atoms with Crippen LogP contribution in [0.3, 0.4) is 0 Å². The zero-order valence-corrected chi connectivity index (χ0v) is 25.3. The molecule has 2 bridgehead atoms. The minimum atomic E-state index is -0.353. The van der Waals surface area contributed by atoms with Gasteiger partial charge in [0.05, 0.1) is 12.6 Å². The van der Waals surface area contributed by atoms with Crippen LogP contribution in [-0.4, -0.2) is 65.3 Å². The van der Waals surface area contributed by atoms with Gasteiger partial charge in [0.25, 0.3) is 0 Å². The number of hydrogen-bond acceptors (Lipinski definition) is 6. The summed E-state index contributed by atoms with van der Waals surface area (Å²) in [6, 6.07) is 4.25. The number of amides is 1. The third-order valence-electron chi connectivity index (χ3n) is 11.1. The number of Topliss-reactive ketones (excluding diaryl/α,β-unsaturated/α-hetero) is 1. The van der Waals surface area contributed by atoms with Gasteiger partial charge < -0.3 is 14.4 Å². The molecule has 1 saturated heterocycles. The minimum Gasteiger partial charge on any atom is -0.483 e. The van der Waals surface area contributed by atoms with Crippen molar-refractivity contribution in [3.05, 3.63) is 23.3 Å². The van der Waals surface area contributed by atoms with Crippen LogP contribution >= 0.6 is 0 Å². The second kappa shape index (κ2) is 11.7. The summed E-state index contributed by atoms with van der Waals surface area (Å²) in [5.41, 5.74) is 2.23. The molecule has 5 aliphatic rings. The second-order valence-corrected chi connectivity index (χ2v) is 13.5. The number of ketones is 1. The maximum atomic E-state index is 13.8. The summed E-state index contributed by atoms with van der Waals surface area (Å²) >= 11 is 0. The number of carbonyl (C=O) groups excluding carboxylic acids is 3. The fraction of sp³-hybridized carbons (Fsp3) is 0.735. The molecule has 2 aliphatic heterocycles. The molecule has 7 heteroatoms. The van der Waals surface area contributed by atoms with Crippen LogP contribution in [0.5, 0.6) is 11.5 Å². The standard InChI is InChI=1S/C34H48N2O5/c1-4-36(30(39)13-9-8-12-24-10-6-5-7-11-24)27-16-15-26-28-20-25-14-17-29(40-23(3)38)32-31(25)34(26,33(27)41-32)18-19-35(28)21-22(2)37/h14,17,24,26-28,33H,4-13,15-16,18-21H2,1-3H3/t26-,27-,28+,33-,34-/m0/s1. The largest absolute Gasteiger partial charge is 0.483 e. The van der Waals surface area contributed by atoms with Crippen molar-refractivity contribution < 1.29 is 23.9 Å². The highest BCUT2D eigenvalue weighted by molar-refractivity contribution is 5.78. The number of hydrogen-bond donors (Lipinski definition) is 0. The molecule has 224 valence electrons. The molecule has 2 heterocycles. The molecule has 2 saturated carbocycles. The Balaban J connectivity index is 1.26. The lowest BCUT2D eigenvalue weighted by atomic mass is 9.51. The maximum Gasteiger partial charge on any atom is 0.308 e. The van der Waals surface area contributed by atoms with E-state index in [9.17, 15) is 14.4 Å². The van der Waals surface area contributed by atoms with E-state index in [2.05, 4.69) is 22.8 Å². The summed E-state index contributed by atoms with van der Waals surface area (Å²) in [5, 5.41) is 0. The van der Waals surface area contributed by atoms with Gasteiger partial charge >= 0.3 is 5.97 Å². The Morgan fingerprint density at radius 2 is 1.88 bits per heavy atom. The monoisotopic (exact) mass is 564 g/mol. The topological polar surface area (TPSA) is 76.2 Å². The number of likely N-dealkylation sites (tertiary alicyclic amines) is 1. The number of esters is 1. The van der Waals surface area contributed by atoms with E-state index in [4.69, 9.17) is 9.47 Å². The van der Waals surface area contributed by atoms with E-state index in [0.717, 1.165) is 51.0 Å². The Labute approximate surface area is 245 Å². The van der Waals surface area contributed by atoms with Crippen LogP contribution in [0.25, 0.3) is 0 Å². The maximum absolute atomic E-state index is 13.8. The average molecular weight is 565 g/mol. The normalized spacial score (nSPS) is 30.3. The van der Waals surface area contributed by atoms with Gasteiger partial charge in [-0.25, -0.2) is 0 Å². The summed E-state index contributed by atoms with van der Waals surface area (Å²) in [6.07, 6.45) is 14.3. The molecule has 1 amide bonds. The van der Waals surface area contributed by atoms with Crippen molar-refractivity contribution >= 4 is 17.7 Å². The van der Waals surface area contributed by atoms with Crippen molar-refractivity contribution in [2.24, 2.45) is 11.8 Å². The zero-order valence-electron chi connectivity index (χ0n) is 25.3. The highest BCUT2D eigenvalue weighted by Gasteiger charge is 2.66. The molecule has 0 aromatic heterocycles. The minimum absolute atomic E-state index is 0.00868. The van der Waals surface area contributed by atoms with E-state index < -0.39 is 0 Å². The Morgan fingerprint density at radius 1 is 1.07 bits per heavy atom. The highest BCUT2D eigenvalue weighted by Crippen LogP contribution is 2.64. The first-order chi connectivity index (χ1) is 19.8. The molecule has 5 atom stereocenters. The predicted molar refractivity (Wildman–Crippen MR) is 157 cm³/mol. The van der Waals surface area contributed by atoms with Gasteiger partial charge in [-0.15, -0.1) is 0 Å². The SMILES string of the molecule is CCN(C(=O)CCCCC1CCCCC1)[C@H]1CC[C@H]2[C@H]3Cc4ccc(OC(C)=O)c5c4[C@@]2(CCN3CC(C)=O)[C@H]1O5. The molecular weight excluding hydrogens is 516 g/mol. The molecule has 3 aliphatic carbocycles. The van der Waals surface area contributed by atoms with Crippen LogP contribution in [0.2, 0.25) is 0 Å². The van der Waals surface area contributed by atoms with Gasteiger partial charge in [0, 0.05) is 36.9 Å². The van der Waals surface area contributed by atoms with Crippen molar-refractivity contribution in [3.8, 4) is 11.5 Å². The lowest BCUT2D eigenvalue weighted by molar-refractivity contribution is -0.143. The quantitative estimate of drug-likeness (QED) is 0.209. The van der Waals surface area contributed by atoms with Crippen LogP contribution in [-0.2, 0) is 26.2 Å². The third kappa shape index (κ3) is 5.10. The van der Waals surface area contributed by atoms with Crippen LogP contribution in [0.15, 0.2) is 12.1 Å². The first kappa shape index (κ1) is 28.7. The first-order valence-corrected chi connectivity index (χ1v) is 16.4. The molecule has 1 spiro atoms. The number of likely N-dealkylation sites (N-methyl/N-ethyl adjacent to an activating group) is 1. The second-order valence-electron chi connectivity index (χ2n) is 13.5. The molecule has 41 heavy (non-hydrogen) atoms. The fourth-order valence-corrected chi connectivity index (χ4v) is 9.55. The number of unbranched alkanes of at least 4 members (excludes halogenated alkanes) is 1. The molecule has 0 unspecified atom stereocenters. The number of piperidine rings is 1. The number of carbonyl (C=O) groups is 3. The van der Waals surface area contributed by atoms with E-state index in [-0.39, 0.29) is 41.3 Å². The summed E-state index contributed by atoms with van der Waals surface area (Å²) < 4.78 is 12.6. The zero-order chi connectivity index (χ0) is 28.7. The van der Waals surface area contributed by atoms with Crippen LogP contribution in [0, 0.1) is 11.8 Å². The molecular formula is C34H48N2O5. The van der Waals surface area contributed by atoms with E-state index in [1.54, 1.807) is 6.92 Å². The lowest BCUT2D eigenvalue weighted by Crippen LogP contribution is -2.69. The molecule has 7 nitrogen and oxygen atoms in total. The Hall–Kier alpha value is -2.41.